The van der Waals surface area contributed by atoms with Gasteiger partial charge < -0.3 is 23.7 Å². The van der Waals surface area contributed by atoms with Crippen LogP contribution in [0.25, 0.3) is 11.0 Å². The number of unbranched alkanes of at least 4 members (excludes halogenated alkanes) is 1. The molecule has 0 aliphatic carbocycles. The molecular weight excluding hydrogens is 460 g/mol. The van der Waals surface area contributed by atoms with E-state index >= 15 is 0 Å². The number of aliphatic hydroxyl groups excluding tert-OH is 1. The number of aliphatic hydroxyl groups is 1. The zero-order valence-electron chi connectivity index (χ0n) is 22.2. The highest BCUT2D eigenvalue weighted by atomic mass is 16.7. The number of aldehydes is 1. The predicted octanol–water partition coefficient (Wildman–Crippen LogP) is 5.73. The van der Waals surface area contributed by atoms with E-state index in [2.05, 4.69) is 33.8 Å². The Morgan fingerprint density at radius 2 is 2.03 bits per heavy atom. The quantitative estimate of drug-likeness (QED) is 0.172. The lowest BCUT2D eigenvalue weighted by atomic mass is 9.81. The van der Waals surface area contributed by atoms with Crippen LogP contribution < -0.4 is 4.74 Å². The molecule has 36 heavy (non-hydrogen) atoms. The first kappa shape index (κ1) is 26.7. The molecule has 0 amide bonds. The number of carbonyl (C=O) groups is 2. The van der Waals surface area contributed by atoms with Crippen molar-refractivity contribution in [2.45, 2.75) is 109 Å². The molecule has 0 radical (unpaired) electrons. The van der Waals surface area contributed by atoms with E-state index in [1.807, 2.05) is 6.92 Å². The van der Waals surface area contributed by atoms with Crippen LogP contribution in [0.2, 0.25) is 0 Å². The molecule has 4 rings (SSSR count). The summed E-state index contributed by atoms with van der Waals surface area (Å²) < 4.78 is 23.7. The number of cyclic esters (lactones) is 1. The molecule has 2 aromatic rings. The third-order valence-corrected chi connectivity index (χ3v) is 7.55. The normalized spacial score (nSPS) is 26.4. The summed E-state index contributed by atoms with van der Waals surface area (Å²) >= 11 is 0. The summed E-state index contributed by atoms with van der Waals surface area (Å²) in [5, 5.41) is 11.8. The first-order valence-corrected chi connectivity index (χ1v) is 13.5. The number of rotatable bonds is 12. The van der Waals surface area contributed by atoms with Crippen molar-refractivity contribution in [2.24, 2.45) is 5.92 Å². The van der Waals surface area contributed by atoms with Gasteiger partial charge >= 0.3 is 5.97 Å². The van der Waals surface area contributed by atoms with E-state index in [0.29, 0.717) is 42.3 Å². The molecule has 2 aliphatic rings. The fourth-order valence-corrected chi connectivity index (χ4v) is 5.70. The van der Waals surface area contributed by atoms with Gasteiger partial charge in [-0.2, -0.15) is 0 Å². The molecule has 0 saturated carbocycles. The van der Waals surface area contributed by atoms with E-state index < -0.39 is 23.8 Å². The second-order valence-electron chi connectivity index (χ2n) is 10.7. The molecular formula is C29H40O7. The molecule has 2 saturated heterocycles. The van der Waals surface area contributed by atoms with E-state index in [9.17, 15) is 14.7 Å². The number of epoxide rings is 1. The molecule has 2 aliphatic heterocycles. The highest BCUT2D eigenvalue weighted by Crippen LogP contribution is 2.50. The van der Waals surface area contributed by atoms with Gasteiger partial charge in [-0.1, -0.05) is 47.5 Å². The number of benzene rings is 1. The van der Waals surface area contributed by atoms with Gasteiger partial charge in [0.1, 0.15) is 29.6 Å². The minimum atomic E-state index is -1.21. The van der Waals surface area contributed by atoms with Crippen molar-refractivity contribution in [3.8, 4) is 5.75 Å². The fourth-order valence-electron chi connectivity index (χ4n) is 5.70. The van der Waals surface area contributed by atoms with Crippen LogP contribution in [0.3, 0.4) is 0 Å². The molecule has 1 aromatic carbocycles. The van der Waals surface area contributed by atoms with Crippen LogP contribution in [0, 0.1) is 5.92 Å². The Bertz CT molecular complexity index is 1090. The topological polar surface area (TPSA) is 98.5 Å². The summed E-state index contributed by atoms with van der Waals surface area (Å²) in [5.74, 6) is 0.315. The third-order valence-electron chi connectivity index (χ3n) is 7.55. The van der Waals surface area contributed by atoms with Crippen LogP contribution in [-0.4, -0.2) is 47.9 Å². The van der Waals surface area contributed by atoms with E-state index in [1.165, 1.54) is 0 Å². The van der Waals surface area contributed by atoms with Gasteiger partial charge in [0.15, 0.2) is 6.29 Å². The molecule has 1 spiro atoms. The number of esters is 1. The highest BCUT2D eigenvalue weighted by Gasteiger charge is 2.70. The number of furan rings is 1. The van der Waals surface area contributed by atoms with E-state index in [0.717, 1.165) is 54.9 Å². The number of ether oxygens (including phenoxy) is 3. The third kappa shape index (κ3) is 4.68. The van der Waals surface area contributed by atoms with Gasteiger partial charge in [-0.25, -0.2) is 4.79 Å². The summed E-state index contributed by atoms with van der Waals surface area (Å²) in [6.07, 6.45) is 6.01. The second-order valence-corrected chi connectivity index (χ2v) is 10.7. The predicted molar refractivity (Wildman–Crippen MR) is 137 cm³/mol. The Morgan fingerprint density at radius 1 is 1.25 bits per heavy atom. The number of hydrogen-bond acceptors (Lipinski definition) is 7. The Balaban J connectivity index is 1.74. The van der Waals surface area contributed by atoms with E-state index in [-0.39, 0.29) is 12.0 Å². The van der Waals surface area contributed by atoms with Crippen molar-refractivity contribution in [1.29, 1.82) is 0 Å². The van der Waals surface area contributed by atoms with Crippen LogP contribution in [-0.2, 0) is 20.7 Å². The maximum atomic E-state index is 13.0. The van der Waals surface area contributed by atoms with Crippen molar-refractivity contribution >= 4 is 23.2 Å². The summed E-state index contributed by atoms with van der Waals surface area (Å²) in [6.45, 7) is 10.9. The van der Waals surface area contributed by atoms with Crippen molar-refractivity contribution < 1.29 is 33.3 Å². The van der Waals surface area contributed by atoms with Crippen LogP contribution in [0.15, 0.2) is 16.7 Å². The molecule has 1 N–H and O–H groups in total. The average Bonchev–Trinajstić information content (AvgIpc) is 3.46. The Hall–Kier alpha value is -2.38. The van der Waals surface area contributed by atoms with Gasteiger partial charge in [0.2, 0.25) is 5.60 Å². The van der Waals surface area contributed by atoms with Crippen molar-refractivity contribution in [3.05, 3.63) is 29.0 Å². The van der Waals surface area contributed by atoms with Gasteiger partial charge in [0, 0.05) is 23.3 Å². The highest BCUT2D eigenvalue weighted by molar-refractivity contribution is 6.00. The number of fused-ring (bicyclic) bond motifs is 1. The molecule has 198 valence electrons. The monoisotopic (exact) mass is 500 g/mol. The van der Waals surface area contributed by atoms with Gasteiger partial charge in [-0.05, 0) is 43.2 Å². The molecule has 1 aromatic heterocycles. The van der Waals surface area contributed by atoms with Crippen LogP contribution in [0.5, 0.6) is 5.75 Å². The minimum Gasteiger partial charge on any atom is -0.492 e. The summed E-state index contributed by atoms with van der Waals surface area (Å²) in [5.41, 5.74) is 1.59. The molecule has 5 atom stereocenters. The maximum Gasteiger partial charge on any atom is 0.344 e. The Labute approximate surface area is 213 Å². The van der Waals surface area contributed by atoms with Crippen molar-refractivity contribution in [1.82, 2.24) is 0 Å². The van der Waals surface area contributed by atoms with Gasteiger partial charge in [0.05, 0.1) is 18.4 Å². The second kappa shape index (κ2) is 10.9. The molecule has 2 fully saturated rings. The Kier molecular flexibility index (Phi) is 8.10. The lowest BCUT2D eigenvalue weighted by Crippen LogP contribution is -2.51. The molecule has 5 unspecified atom stereocenters. The SMILES string of the molecule is CCCCOc1c(CC(C)C)cc2c(C(CCC)C3CC(O)C4(OC4CC)C(=O)O3)coc2c1C=O. The molecule has 0 bridgehead atoms. The van der Waals surface area contributed by atoms with Gasteiger partial charge in [-0.3, -0.25) is 4.79 Å². The molecule has 7 heteroatoms. The zero-order chi connectivity index (χ0) is 26.0. The lowest BCUT2D eigenvalue weighted by molar-refractivity contribution is -0.174. The van der Waals surface area contributed by atoms with Gasteiger partial charge in [0.25, 0.3) is 0 Å². The summed E-state index contributed by atoms with van der Waals surface area (Å²) in [7, 11) is 0. The number of hydrogen-bond donors (Lipinski definition) is 1. The lowest BCUT2D eigenvalue weighted by Gasteiger charge is -2.35. The van der Waals surface area contributed by atoms with Crippen LogP contribution >= 0.6 is 0 Å². The zero-order valence-corrected chi connectivity index (χ0v) is 22.2. The van der Waals surface area contributed by atoms with Crippen molar-refractivity contribution in [2.75, 3.05) is 6.61 Å². The first-order valence-electron chi connectivity index (χ1n) is 13.5. The standard InChI is InChI=1S/C29H40O7/c1-6-9-11-33-26-18(12-17(4)5)13-20-22(16-34-27(20)21(26)15-30)19(10-7-2)23-14-24(31)29(28(32)35-23)25(8-3)36-29/h13,15-17,19,23-25,31H,6-12,14H2,1-5H3. The average molecular weight is 501 g/mol. The molecule has 7 nitrogen and oxygen atoms in total. The summed E-state index contributed by atoms with van der Waals surface area (Å²) in [4.78, 5) is 25.2. The van der Waals surface area contributed by atoms with E-state index in [4.69, 9.17) is 18.6 Å². The van der Waals surface area contributed by atoms with Crippen molar-refractivity contribution in [3.63, 3.8) is 0 Å². The smallest absolute Gasteiger partial charge is 0.344 e. The first-order chi connectivity index (χ1) is 17.3. The fraction of sp³-hybridized carbons (Fsp3) is 0.655. The summed E-state index contributed by atoms with van der Waals surface area (Å²) in [6, 6.07) is 2.07. The van der Waals surface area contributed by atoms with Gasteiger partial charge in [-0.15, -0.1) is 0 Å². The van der Waals surface area contributed by atoms with Crippen LogP contribution in [0.1, 0.15) is 101 Å². The largest absolute Gasteiger partial charge is 0.492 e. The van der Waals surface area contributed by atoms with E-state index in [1.54, 1.807) is 6.26 Å². The number of carbonyl (C=O) groups excluding carboxylic acids is 2. The maximum absolute atomic E-state index is 13.0. The Morgan fingerprint density at radius 3 is 2.61 bits per heavy atom. The minimum absolute atomic E-state index is 0.177. The molecule has 3 heterocycles. The van der Waals surface area contributed by atoms with Crippen LogP contribution in [0.4, 0.5) is 0 Å².